The predicted octanol–water partition coefficient (Wildman–Crippen LogP) is 3.04. The first-order chi connectivity index (χ1) is 15.8. The van der Waals surface area contributed by atoms with Gasteiger partial charge in [0.05, 0.1) is 6.42 Å². The lowest BCUT2D eigenvalue weighted by Crippen LogP contribution is -2.49. The summed E-state index contributed by atoms with van der Waals surface area (Å²) < 4.78 is 0. The van der Waals surface area contributed by atoms with Crippen molar-refractivity contribution >= 4 is 28.7 Å². The van der Waals surface area contributed by atoms with Crippen molar-refractivity contribution < 1.29 is 19.5 Å². The Morgan fingerprint density at radius 1 is 1.06 bits per heavy atom. The fourth-order valence-corrected chi connectivity index (χ4v) is 3.90. The summed E-state index contributed by atoms with van der Waals surface area (Å²) in [6.07, 6.45) is 5.56. The van der Waals surface area contributed by atoms with Crippen LogP contribution in [0.1, 0.15) is 37.8 Å². The van der Waals surface area contributed by atoms with Gasteiger partial charge in [0.1, 0.15) is 6.04 Å². The molecule has 0 aliphatic rings. The Kier molecular flexibility index (Phi) is 8.18. The lowest BCUT2D eigenvalue weighted by Gasteiger charge is -2.23. The second-order valence-corrected chi connectivity index (χ2v) is 8.62. The monoisotopic (exact) mass is 450 g/mol. The Bertz CT molecular complexity index is 1090. The van der Waals surface area contributed by atoms with Crippen molar-refractivity contribution in [2.24, 2.45) is 11.8 Å². The summed E-state index contributed by atoms with van der Waals surface area (Å²) in [4.78, 5) is 44.6. The molecule has 174 valence electrons. The number of carbonyl (C=O) groups excluding carboxylic acids is 2. The molecule has 0 aliphatic carbocycles. The van der Waals surface area contributed by atoms with Crippen molar-refractivity contribution in [3.8, 4) is 0 Å². The molecule has 2 atom stereocenters. The number of rotatable bonds is 11. The quantitative estimate of drug-likeness (QED) is 0.357. The van der Waals surface area contributed by atoms with Crippen molar-refractivity contribution in [3.63, 3.8) is 0 Å². The molecule has 1 aromatic carbocycles. The Balaban J connectivity index is 1.79. The second kappa shape index (κ2) is 11.3. The van der Waals surface area contributed by atoms with Gasteiger partial charge in [-0.2, -0.15) is 0 Å². The zero-order valence-electron chi connectivity index (χ0n) is 18.9. The van der Waals surface area contributed by atoms with Crippen LogP contribution in [-0.4, -0.2) is 38.9 Å². The van der Waals surface area contributed by atoms with E-state index < -0.39 is 23.8 Å². The van der Waals surface area contributed by atoms with Crippen LogP contribution in [0.4, 0.5) is 0 Å². The maximum Gasteiger partial charge on any atom is 0.304 e. The molecule has 8 nitrogen and oxygen atoms in total. The van der Waals surface area contributed by atoms with Gasteiger partial charge >= 0.3 is 5.97 Å². The first-order valence-corrected chi connectivity index (χ1v) is 11.1. The lowest BCUT2D eigenvalue weighted by atomic mass is 9.92. The van der Waals surface area contributed by atoms with E-state index in [0.717, 1.165) is 22.0 Å². The third-order valence-corrected chi connectivity index (χ3v) is 5.50. The number of para-hydroxylation sites is 1. The molecule has 3 rings (SSSR count). The summed E-state index contributed by atoms with van der Waals surface area (Å²) in [5.41, 5.74) is 2.73. The molecule has 2 amide bonds. The number of nitrogens with one attached hydrogen (secondary N) is 3. The standard InChI is InChI=1S/C25H30N4O4/c1-16(2)11-18(13-23(30)31)24(32)29-22(25(33)28-14-17-7-9-26-10-8-17)12-19-15-27-21-6-4-3-5-20(19)21/h3-10,15-16,18,22,27H,11-14H2,1-2H3,(H,28,33)(H,29,32)(H,30,31)/t18?,22-/m0/s1. The average Bonchev–Trinajstić information content (AvgIpc) is 3.19. The highest BCUT2D eigenvalue weighted by Gasteiger charge is 2.28. The van der Waals surface area contributed by atoms with Crippen LogP contribution in [0, 0.1) is 11.8 Å². The molecule has 0 fully saturated rings. The predicted molar refractivity (Wildman–Crippen MR) is 125 cm³/mol. The number of fused-ring (bicyclic) bond motifs is 1. The third kappa shape index (κ3) is 6.90. The first kappa shape index (κ1) is 24.0. The van der Waals surface area contributed by atoms with Crippen LogP contribution in [-0.2, 0) is 27.3 Å². The van der Waals surface area contributed by atoms with Crippen LogP contribution in [0.3, 0.4) is 0 Å². The van der Waals surface area contributed by atoms with E-state index in [-0.39, 0.29) is 24.7 Å². The zero-order valence-corrected chi connectivity index (χ0v) is 18.9. The van der Waals surface area contributed by atoms with Gasteiger partial charge in [-0.25, -0.2) is 0 Å². The van der Waals surface area contributed by atoms with Crippen LogP contribution in [0.2, 0.25) is 0 Å². The SMILES string of the molecule is CC(C)CC(CC(=O)O)C(=O)N[C@@H](Cc1c[nH]c2ccccc12)C(=O)NCc1ccncc1. The summed E-state index contributed by atoms with van der Waals surface area (Å²) in [7, 11) is 0. The Morgan fingerprint density at radius 3 is 2.48 bits per heavy atom. The van der Waals surface area contributed by atoms with Crippen LogP contribution in [0.25, 0.3) is 10.9 Å². The number of aromatic nitrogens is 2. The number of amides is 2. The van der Waals surface area contributed by atoms with E-state index in [4.69, 9.17) is 0 Å². The van der Waals surface area contributed by atoms with Gasteiger partial charge in [0.2, 0.25) is 11.8 Å². The van der Waals surface area contributed by atoms with Crippen molar-refractivity contribution in [2.75, 3.05) is 0 Å². The zero-order chi connectivity index (χ0) is 23.8. The lowest BCUT2D eigenvalue weighted by molar-refractivity contribution is -0.141. The molecule has 0 saturated carbocycles. The molecule has 2 aromatic heterocycles. The fraction of sp³-hybridized carbons (Fsp3) is 0.360. The Hall–Kier alpha value is -3.68. The maximum atomic E-state index is 13.1. The molecule has 33 heavy (non-hydrogen) atoms. The van der Waals surface area contributed by atoms with E-state index in [2.05, 4.69) is 20.6 Å². The number of carboxylic acid groups (broad SMARTS) is 1. The summed E-state index contributed by atoms with van der Waals surface area (Å²) >= 11 is 0. The molecule has 8 heteroatoms. The van der Waals surface area contributed by atoms with E-state index >= 15 is 0 Å². The normalized spacial score (nSPS) is 12.9. The molecule has 0 spiro atoms. The van der Waals surface area contributed by atoms with Crippen LogP contribution in [0.5, 0.6) is 0 Å². The largest absolute Gasteiger partial charge is 0.481 e. The molecule has 0 saturated heterocycles. The van der Waals surface area contributed by atoms with E-state index in [1.54, 1.807) is 24.5 Å². The van der Waals surface area contributed by atoms with Gasteiger partial charge in [0, 0.05) is 48.4 Å². The molecular weight excluding hydrogens is 420 g/mol. The third-order valence-electron chi connectivity index (χ3n) is 5.50. The molecule has 0 bridgehead atoms. The number of pyridine rings is 1. The molecule has 3 aromatic rings. The van der Waals surface area contributed by atoms with Gasteiger partial charge < -0.3 is 20.7 Å². The second-order valence-electron chi connectivity index (χ2n) is 8.62. The molecule has 2 heterocycles. The molecular formula is C25H30N4O4. The van der Waals surface area contributed by atoms with Gasteiger partial charge in [-0.15, -0.1) is 0 Å². The van der Waals surface area contributed by atoms with Crippen LogP contribution < -0.4 is 10.6 Å². The highest BCUT2D eigenvalue weighted by molar-refractivity contribution is 5.91. The summed E-state index contributed by atoms with van der Waals surface area (Å²) in [6, 6.07) is 10.5. The topological polar surface area (TPSA) is 124 Å². The number of carbonyl (C=O) groups is 3. The number of hydrogen-bond donors (Lipinski definition) is 4. The number of aromatic amines is 1. The minimum atomic E-state index is -1.04. The maximum absolute atomic E-state index is 13.1. The Labute approximate surface area is 192 Å². The Morgan fingerprint density at radius 2 is 1.79 bits per heavy atom. The molecule has 0 aliphatic heterocycles. The van der Waals surface area contributed by atoms with Gasteiger partial charge in [0.15, 0.2) is 0 Å². The molecule has 4 N–H and O–H groups in total. The highest BCUT2D eigenvalue weighted by atomic mass is 16.4. The van der Waals surface area contributed by atoms with E-state index in [9.17, 15) is 19.5 Å². The smallest absolute Gasteiger partial charge is 0.304 e. The number of aliphatic carboxylic acids is 1. The fourth-order valence-electron chi connectivity index (χ4n) is 3.90. The molecule has 0 radical (unpaired) electrons. The minimum absolute atomic E-state index is 0.146. The number of hydrogen-bond acceptors (Lipinski definition) is 4. The van der Waals surface area contributed by atoms with Gasteiger partial charge in [-0.05, 0) is 41.7 Å². The van der Waals surface area contributed by atoms with E-state index in [0.29, 0.717) is 13.0 Å². The minimum Gasteiger partial charge on any atom is -0.481 e. The van der Waals surface area contributed by atoms with Gasteiger partial charge in [-0.1, -0.05) is 32.0 Å². The van der Waals surface area contributed by atoms with Crippen molar-refractivity contribution in [3.05, 3.63) is 66.1 Å². The summed E-state index contributed by atoms with van der Waals surface area (Å²) in [5.74, 6) is -2.35. The molecule has 1 unspecified atom stereocenters. The van der Waals surface area contributed by atoms with Crippen molar-refractivity contribution in [1.82, 2.24) is 20.6 Å². The van der Waals surface area contributed by atoms with Gasteiger partial charge in [-0.3, -0.25) is 19.4 Å². The van der Waals surface area contributed by atoms with Crippen molar-refractivity contribution in [2.45, 2.75) is 45.7 Å². The van der Waals surface area contributed by atoms with Crippen molar-refractivity contribution in [1.29, 1.82) is 0 Å². The summed E-state index contributed by atoms with van der Waals surface area (Å²) in [5, 5.41) is 15.9. The van der Waals surface area contributed by atoms with E-state index in [1.807, 2.05) is 44.3 Å². The van der Waals surface area contributed by atoms with E-state index in [1.165, 1.54) is 0 Å². The number of benzene rings is 1. The van der Waals surface area contributed by atoms with Gasteiger partial charge in [0.25, 0.3) is 0 Å². The highest BCUT2D eigenvalue weighted by Crippen LogP contribution is 2.20. The average molecular weight is 451 g/mol. The number of H-pyrrole nitrogens is 1. The summed E-state index contributed by atoms with van der Waals surface area (Å²) in [6.45, 7) is 4.17. The first-order valence-electron chi connectivity index (χ1n) is 11.1. The van der Waals surface area contributed by atoms with Crippen LogP contribution >= 0.6 is 0 Å². The van der Waals surface area contributed by atoms with Crippen LogP contribution in [0.15, 0.2) is 55.0 Å². The number of nitrogens with zero attached hydrogens (tertiary/aromatic N) is 1. The number of carboxylic acids is 1.